The van der Waals surface area contributed by atoms with Gasteiger partial charge in [-0.25, -0.2) is 0 Å². The van der Waals surface area contributed by atoms with Crippen LogP contribution < -0.4 is 0 Å². The molecule has 0 aliphatic rings. The van der Waals surface area contributed by atoms with E-state index >= 15 is 0 Å². The second-order valence-electron chi connectivity index (χ2n) is 4.31. The number of aromatic nitrogens is 2. The summed E-state index contributed by atoms with van der Waals surface area (Å²) in [6.07, 6.45) is -4.97. The third-order valence-corrected chi connectivity index (χ3v) is 3.92. The molecular formula is C12H12F3N2O4P. The smallest absolute Gasteiger partial charge is 0.334 e. The van der Waals surface area contributed by atoms with Crippen molar-refractivity contribution in [3.63, 3.8) is 0 Å². The van der Waals surface area contributed by atoms with E-state index in [0.717, 1.165) is 12.1 Å². The van der Waals surface area contributed by atoms with Crippen molar-refractivity contribution in [2.24, 2.45) is 0 Å². The molecule has 0 saturated carbocycles. The molecule has 1 aromatic heterocycles. The normalized spacial score (nSPS) is 14.8. The molecule has 0 bridgehead atoms. The third kappa shape index (κ3) is 4.16. The standard InChI is InChI=1S/C12H12F3N2O4P/c1-2-20-22(18,19)7-10-16-11(21-17-10)8-4-3-5-9(6-8)12(13,14)15/h3-6H,2,7H2,1H3,(H,18,19). The minimum atomic E-state index is -4.49. The van der Waals surface area contributed by atoms with Crippen molar-refractivity contribution in [2.45, 2.75) is 19.3 Å². The molecule has 120 valence electrons. The number of nitrogens with zero attached hydrogens (tertiary/aromatic N) is 2. The fourth-order valence-corrected chi connectivity index (χ4v) is 2.67. The maximum atomic E-state index is 12.6. The summed E-state index contributed by atoms with van der Waals surface area (Å²) in [6, 6.07) is 4.35. The molecule has 2 aromatic rings. The second kappa shape index (κ2) is 6.20. The highest BCUT2D eigenvalue weighted by Gasteiger charge is 2.31. The van der Waals surface area contributed by atoms with E-state index in [1.54, 1.807) is 6.92 Å². The molecule has 22 heavy (non-hydrogen) atoms. The summed E-state index contributed by atoms with van der Waals surface area (Å²) in [5.41, 5.74) is -0.787. The Morgan fingerprint density at radius 2 is 2.14 bits per heavy atom. The molecule has 0 radical (unpaired) electrons. The minimum absolute atomic E-state index is 0.0338. The van der Waals surface area contributed by atoms with Crippen molar-refractivity contribution in [1.82, 2.24) is 10.1 Å². The molecule has 1 N–H and O–H groups in total. The van der Waals surface area contributed by atoms with Crippen LogP contribution in [0.4, 0.5) is 13.2 Å². The van der Waals surface area contributed by atoms with Gasteiger partial charge in [-0.3, -0.25) is 4.57 Å². The zero-order valence-corrected chi connectivity index (χ0v) is 12.3. The largest absolute Gasteiger partial charge is 0.416 e. The van der Waals surface area contributed by atoms with E-state index in [2.05, 4.69) is 14.7 Å². The average Bonchev–Trinajstić information content (AvgIpc) is 2.85. The highest BCUT2D eigenvalue weighted by atomic mass is 31.2. The lowest BCUT2D eigenvalue weighted by molar-refractivity contribution is -0.137. The Balaban J connectivity index is 2.23. The summed E-state index contributed by atoms with van der Waals surface area (Å²) < 4.78 is 59.0. The molecule has 0 saturated heterocycles. The quantitative estimate of drug-likeness (QED) is 0.842. The van der Waals surface area contributed by atoms with E-state index in [1.165, 1.54) is 12.1 Å². The Kier molecular flexibility index (Phi) is 4.69. The Hall–Kier alpha value is -1.70. The lowest BCUT2D eigenvalue weighted by atomic mass is 10.1. The molecule has 1 aromatic carbocycles. The molecule has 6 nitrogen and oxygen atoms in total. The first-order valence-corrected chi connectivity index (χ1v) is 7.94. The number of rotatable bonds is 5. The van der Waals surface area contributed by atoms with Gasteiger partial charge in [-0.1, -0.05) is 11.2 Å². The zero-order valence-electron chi connectivity index (χ0n) is 11.4. The van der Waals surface area contributed by atoms with Gasteiger partial charge < -0.3 is 13.9 Å². The number of halogens is 3. The maximum Gasteiger partial charge on any atom is 0.416 e. The van der Waals surface area contributed by atoms with Crippen LogP contribution in [0.5, 0.6) is 0 Å². The highest BCUT2D eigenvalue weighted by molar-refractivity contribution is 7.51. The summed E-state index contributed by atoms with van der Waals surface area (Å²) in [7, 11) is -3.89. The van der Waals surface area contributed by atoms with Gasteiger partial charge in [0, 0.05) is 5.56 Å². The van der Waals surface area contributed by atoms with Gasteiger partial charge in [0.25, 0.3) is 5.89 Å². The molecule has 0 aliphatic carbocycles. The van der Waals surface area contributed by atoms with Gasteiger partial charge in [-0.15, -0.1) is 0 Å². The second-order valence-corrected chi connectivity index (χ2v) is 6.16. The van der Waals surface area contributed by atoms with Crippen LogP contribution in [0.15, 0.2) is 28.8 Å². The fraction of sp³-hybridized carbons (Fsp3) is 0.333. The van der Waals surface area contributed by atoms with Crippen LogP contribution in [0.1, 0.15) is 18.3 Å². The van der Waals surface area contributed by atoms with Crippen molar-refractivity contribution in [3.05, 3.63) is 35.7 Å². The molecule has 2 rings (SSSR count). The molecule has 0 aliphatic heterocycles. The lowest BCUT2D eigenvalue weighted by Gasteiger charge is -2.07. The van der Waals surface area contributed by atoms with Crippen molar-refractivity contribution >= 4 is 7.60 Å². The van der Waals surface area contributed by atoms with E-state index in [4.69, 9.17) is 4.52 Å². The molecule has 0 spiro atoms. The summed E-state index contributed by atoms with van der Waals surface area (Å²) in [5, 5.41) is 3.47. The summed E-state index contributed by atoms with van der Waals surface area (Å²) in [5.74, 6) is -0.288. The molecule has 10 heteroatoms. The van der Waals surface area contributed by atoms with Crippen LogP contribution in [0.2, 0.25) is 0 Å². The van der Waals surface area contributed by atoms with Crippen molar-refractivity contribution in [1.29, 1.82) is 0 Å². The van der Waals surface area contributed by atoms with E-state index < -0.39 is 25.5 Å². The predicted molar refractivity (Wildman–Crippen MR) is 69.9 cm³/mol. The van der Waals surface area contributed by atoms with Gasteiger partial charge in [0.15, 0.2) is 5.82 Å². The van der Waals surface area contributed by atoms with E-state index in [-0.39, 0.29) is 23.9 Å². The topological polar surface area (TPSA) is 85.5 Å². The van der Waals surface area contributed by atoms with E-state index in [0.29, 0.717) is 0 Å². The lowest BCUT2D eigenvalue weighted by Crippen LogP contribution is -2.04. The van der Waals surface area contributed by atoms with Crippen molar-refractivity contribution < 1.29 is 31.7 Å². The summed E-state index contributed by atoms with van der Waals surface area (Å²) in [6.45, 7) is 1.58. The molecule has 0 amide bonds. The SMILES string of the molecule is CCOP(=O)(O)Cc1noc(-c2cccc(C(F)(F)F)c2)n1. The average molecular weight is 336 g/mol. The third-order valence-electron chi connectivity index (χ3n) is 2.58. The highest BCUT2D eigenvalue weighted by Crippen LogP contribution is 2.45. The van der Waals surface area contributed by atoms with Gasteiger partial charge >= 0.3 is 13.8 Å². The van der Waals surface area contributed by atoms with E-state index in [9.17, 15) is 22.6 Å². The molecule has 0 fully saturated rings. The van der Waals surface area contributed by atoms with Crippen LogP contribution in [0, 0.1) is 0 Å². The molecule has 1 heterocycles. The summed E-state index contributed by atoms with van der Waals surface area (Å²) in [4.78, 5) is 13.3. The van der Waals surface area contributed by atoms with Crippen LogP contribution in [0.25, 0.3) is 11.5 Å². The first-order valence-electron chi connectivity index (χ1n) is 6.18. The van der Waals surface area contributed by atoms with Gasteiger partial charge in [0.1, 0.15) is 6.16 Å². The Labute approximate surface area is 123 Å². The zero-order chi connectivity index (χ0) is 16.4. The van der Waals surface area contributed by atoms with Gasteiger partial charge in [0.05, 0.1) is 12.2 Å². The van der Waals surface area contributed by atoms with Gasteiger partial charge in [-0.05, 0) is 25.1 Å². The maximum absolute atomic E-state index is 12.6. The van der Waals surface area contributed by atoms with Crippen molar-refractivity contribution in [3.8, 4) is 11.5 Å². The van der Waals surface area contributed by atoms with Crippen molar-refractivity contribution in [2.75, 3.05) is 6.61 Å². The number of hydrogen-bond acceptors (Lipinski definition) is 5. The molecular weight excluding hydrogens is 324 g/mol. The number of benzene rings is 1. The van der Waals surface area contributed by atoms with Crippen LogP contribution in [-0.2, 0) is 21.4 Å². The Morgan fingerprint density at radius 1 is 1.41 bits per heavy atom. The number of hydrogen-bond donors (Lipinski definition) is 1. The Bertz CT molecular complexity index is 702. The van der Waals surface area contributed by atoms with Crippen LogP contribution in [0.3, 0.4) is 0 Å². The van der Waals surface area contributed by atoms with Crippen LogP contribution in [-0.4, -0.2) is 21.6 Å². The summed E-state index contributed by atoms with van der Waals surface area (Å²) >= 11 is 0. The first kappa shape index (κ1) is 16.7. The Morgan fingerprint density at radius 3 is 2.77 bits per heavy atom. The number of alkyl halides is 3. The van der Waals surface area contributed by atoms with E-state index in [1.807, 2.05) is 0 Å². The van der Waals surface area contributed by atoms with Gasteiger partial charge in [0.2, 0.25) is 0 Å². The predicted octanol–water partition coefficient (Wildman–Crippen LogP) is 3.48. The minimum Gasteiger partial charge on any atom is -0.334 e. The monoisotopic (exact) mass is 336 g/mol. The fourth-order valence-electron chi connectivity index (χ4n) is 1.69. The first-order chi connectivity index (χ1) is 10.2. The molecule has 1 unspecified atom stereocenters. The van der Waals surface area contributed by atoms with Crippen LogP contribution >= 0.6 is 7.60 Å². The molecule has 1 atom stereocenters. The van der Waals surface area contributed by atoms with Gasteiger partial charge in [-0.2, -0.15) is 18.2 Å².